The van der Waals surface area contributed by atoms with Crippen LogP contribution in [-0.4, -0.2) is 56.4 Å². The molecular formula is C11H26N2O. The molecule has 0 spiro atoms. The molecule has 0 fully saturated rings. The van der Waals surface area contributed by atoms with Crippen LogP contribution in [0.3, 0.4) is 0 Å². The first kappa shape index (κ1) is 13.9. The lowest BCUT2D eigenvalue weighted by atomic mass is 10.4. The Labute approximate surface area is 89.0 Å². The van der Waals surface area contributed by atoms with Crippen molar-refractivity contribution in [3.63, 3.8) is 0 Å². The van der Waals surface area contributed by atoms with Gasteiger partial charge < -0.3 is 9.64 Å². The molecule has 0 rings (SSSR count). The second kappa shape index (κ2) is 8.21. The van der Waals surface area contributed by atoms with Gasteiger partial charge in [-0.1, -0.05) is 20.8 Å². The zero-order valence-corrected chi connectivity index (χ0v) is 10.4. The lowest BCUT2D eigenvalue weighted by Gasteiger charge is -2.25. The number of likely N-dealkylation sites (N-methyl/N-ethyl adjacent to an activating group) is 1. The number of ether oxygens (including phenoxy) is 1. The summed E-state index contributed by atoms with van der Waals surface area (Å²) in [6, 6.07) is 0. The van der Waals surface area contributed by atoms with Gasteiger partial charge in [0.2, 0.25) is 0 Å². The Hall–Kier alpha value is -0.120. The Morgan fingerprint density at radius 2 is 1.64 bits per heavy atom. The third-order valence-electron chi connectivity index (χ3n) is 2.54. The Morgan fingerprint density at radius 1 is 1.07 bits per heavy atom. The van der Waals surface area contributed by atoms with E-state index in [1.807, 2.05) is 0 Å². The minimum atomic E-state index is 0.269. The molecule has 86 valence electrons. The molecule has 1 unspecified atom stereocenters. The zero-order chi connectivity index (χ0) is 11.0. The fraction of sp³-hybridized carbons (Fsp3) is 1.00. The van der Waals surface area contributed by atoms with Gasteiger partial charge in [0.05, 0.1) is 6.61 Å². The monoisotopic (exact) mass is 202 g/mol. The molecule has 0 aliphatic rings. The number of hydrogen-bond acceptors (Lipinski definition) is 3. The first-order valence-electron chi connectivity index (χ1n) is 5.66. The number of rotatable bonds is 8. The molecule has 0 radical (unpaired) electrons. The average Bonchev–Trinajstić information content (AvgIpc) is 2.18. The summed E-state index contributed by atoms with van der Waals surface area (Å²) >= 11 is 0. The van der Waals surface area contributed by atoms with Crippen LogP contribution >= 0.6 is 0 Å². The molecule has 0 aromatic rings. The average molecular weight is 202 g/mol. The highest BCUT2D eigenvalue weighted by atomic mass is 16.5. The molecule has 0 aliphatic heterocycles. The number of hydrogen-bond donors (Lipinski definition) is 0. The quantitative estimate of drug-likeness (QED) is 0.557. The van der Waals surface area contributed by atoms with Crippen LogP contribution in [0.1, 0.15) is 27.2 Å². The molecule has 1 atom stereocenters. The van der Waals surface area contributed by atoms with Gasteiger partial charge in [-0.05, 0) is 33.6 Å². The van der Waals surface area contributed by atoms with E-state index in [2.05, 4.69) is 44.7 Å². The van der Waals surface area contributed by atoms with Crippen LogP contribution in [-0.2, 0) is 4.74 Å². The van der Waals surface area contributed by atoms with Crippen molar-refractivity contribution in [3.8, 4) is 0 Å². The fourth-order valence-electron chi connectivity index (χ4n) is 1.49. The van der Waals surface area contributed by atoms with Crippen molar-refractivity contribution < 1.29 is 4.74 Å². The Kier molecular flexibility index (Phi) is 8.14. The fourth-order valence-corrected chi connectivity index (χ4v) is 1.49. The molecule has 0 N–H and O–H groups in total. The van der Waals surface area contributed by atoms with Gasteiger partial charge in [-0.3, -0.25) is 4.90 Å². The number of nitrogens with zero attached hydrogens (tertiary/aromatic N) is 2. The van der Waals surface area contributed by atoms with Crippen molar-refractivity contribution in [2.75, 3.05) is 40.3 Å². The summed E-state index contributed by atoms with van der Waals surface area (Å²) in [5, 5.41) is 0. The van der Waals surface area contributed by atoms with Crippen LogP contribution in [0.15, 0.2) is 0 Å². The van der Waals surface area contributed by atoms with Gasteiger partial charge in [-0.2, -0.15) is 0 Å². The van der Waals surface area contributed by atoms with Gasteiger partial charge in [0.1, 0.15) is 6.23 Å². The molecule has 3 nitrogen and oxygen atoms in total. The highest BCUT2D eigenvalue weighted by Crippen LogP contribution is 2.00. The lowest BCUT2D eigenvalue weighted by Crippen LogP contribution is -2.34. The Morgan fingerprint density at radius 3 is 2.00 bits per heavy atom. The maximum Gasteiger partial charge on any atom is 0.109 e. The molecule has 3 heteroatoms. The summed E-state index contributed by atoms with van der Waals surface area (Å²) < 4.78 is 5.77. The topological polar surface area (TPSA) is 15.7 Å². The SMILES string of the molecule is CCC(OCCN(CC)CC)N(C)C. The van der Waals surface area contributed by atoms with E-state index in [0.717, 1.165) is 32.7 Å². The maximum absolute atomic E-state index is 5.77. The van der Waals surface area contributed by atoms with Crippen LogP contribution in [0.25, 0.3) is 0 Å². The minimum absolute atomic E-state index is 0.269. The van der Waals surface area contributed by atoms with Crippen LogP contribution in [0.2, 0.25) is 0 Å². The molecule has 0 saturated heterocycles. The molecular weight excluding hydrogens is 176 g/mol. The van der Waals surface area contributed by atoms with E-state index in [0.29, 0.717) is 0 Å². The highest BCUT2D eigenvalue weighted by molar-refractivity contribution is 4.54. The van der Waals surface area contributed by atoms with Gasteiger partial charge in [-0.15, -0.1) is 0 Å². The zero-order valence-electron chi connectivity index (χ0n) is 10.4. The second-order valence-corrected chi connectivity index (χ2v) is 3.72. The van der Waals surface area contributed by atoms with E-state index in [1.165, 1.54) is 0 Å². The highest BCUT2D eigenvalue weighted by Gasteiger charge is 2.08. The van der Waals surface area contributed by atoms with Crippen molar-refractivity contribution >= 4 is 0 Å². The molecule has 14 heavy (non-hydrogen) atoms. The van der Waals surface area contributed by atoms with Gasteiger partial charge in [0, 0.05) is 6.54 Å². The minimum Gasteiger partial charge on any atom is -0.362 e. The molecule has 0 amide bonds. The summed E-state index contributed by atoms with van der Waals surface area (Å²) in [4.78, 5) is 4.50. The molecule has 0 heterocycles. The Bertz CT molecular complexity index is 124. The van der Waals surface area contributed by atoms with Crippen molar-refractivity contribution in [1.82, 2.24) is 9.80 Å². The summed E-state index contributed by atoms with van der Waals surface area (Å²) in [5.74, 6) is 0. The first-order chi connectivity index (χ1) is 6.65. The summed E-state index contributed by atoms with van der Waals surface area (Å²) in [7, 11) is 4.12. The summed E-state index contributed by atoms with van der Waals surface area (Å²) in [6.07, 6.45) is 1.32. The molecule has 0 aliphatic carbocycles. The van der Waals surface area contributed by atoms with Gasteiger partial charge in [0.15, 0.2) is 0 Å². The predicted molar refractivity (Wildman–Crippen MR) is 61.5 cm³/mol. The third-order valence-corrected chi connectivity index (χ3v) is 2.54. The van der Waals surface area contributed by atoms with Crippen LogP contribution in [0, 0.1) is 0 Å². The van der Waals surface area contributed by atoms with Crippen molar-refractivity contribution in [1.29, 1.82) is 0 Å². The van der Waals surface area contributed by atoms with Gasteiger partial charge in [0.25, 0.3) is 0 Å². The van der Waals surface area contributed by atoms with E-state index in [-0.39, 0.29) is 6.23 Å². The van der Waals surface area contributed by atoms with E-state index >= 15 is 0 Å². The maximum atomic E-state index is 5.77. The summed E-state index contributed by atoms with van der Waals surface area (Å²) in [6.45, 7) is 10.6. The standard InChI is InChI=1S/C11H26N2O/c1-6-11(12(4)5)14-10-9-13(7-2)8-3/h11H,6-10H2,1-5H3. The van der Waals surface area contributed by atoms with Crippen LogP contribution < -0.4 is 0 Å². The third kappa shape index (κ3) is 5.58. The largest absolute Gasteiger partial charge is 0.362 e. The van der Waals surface area contributed by atoms with Crippen LogP contribution in [0.4, 0.5) is 0 Å². The van der Waals surface area contributed by atoms with Crippen molar-refractivity contribution in [3.05, 3.63) is 0 Å². The second-order valence-electron chi connectivity index (χ2n) is 3.72. The van der Waals surface area contributed by atoms with E-state index in [9.17, 15) is 0 Å². The van der Waals surface area contributed by atoms with Crippen molar-refractivity contribution in [2.45, 2.75) is 33.4 Å². The Balaban J connectivity index is 3.59. The predicted octanol–water partition coefficient (Wildman–Crippen LogP) is 1.64. The van der Waals surface area contributed by atoms with E-state index in [1.54, 1.807) is 0 Å². The van der Waals surface area contributed by atoms with E-state index in [4.69, 9.17) is 4.74 Å². The molecule has 0 aromatic heterocycles. The van der Waals surface area contributed by atoms with Gasteiger partial charge in [-0.25, -0.2) is 0 Å². The smallest absolute Gasteiger partial charge is 0.109 e. The summed E-state index contributed by atoms with van der Waals surface area (Å²) in [5.41, 5.74) is 0. The molecule has 0 bridgehead atoms. The van der Waals surface area contributed by atoms with Gasteiger partial charge >= 0.3 is 0 Å². The normalized spacial score (nSPS) is 13.9. The molecule has 0 aromatic carbocycles. The van der Waals surface area contributed by atoms with E-state index < -0.39 is 0 Å². The lowest BCUT2D eigenvalue weighted by molar-refractivity contribution is -0.0438. The van der Waals surface area contributed by atoms with Crippen molar-refractivity contribution in [2.24, 2.45) is 0 Å². The van der Waals surface area contributed by atoms with Crippen LogP contribution in [0.5, 0.6) is 0 Å². The molecule has 0 saturated carbocycles. The first-order valence-corrected chi connectivity index (χ1v) is 5.66.